The third-order valence-corrected chi connectivity index (χ3v) is 10.2. The molecule has 0 radical (unpaired) electrons. The van der Waals surface area contributed by atoms with E-state index in [0.29, 0.717) is 15.5 Å². The summed E-state index contributed by atoms with van der Waals surface area (Å²) in [6, 6.07) is 15.6. The highest BCUT2D eigenvalue weighted by molar-refractivity contribution is 8.00. The van der Waals surface area contributed by atoms with Crippen molar-refractivity contribution in [2.45, 2.75) is 28.9 Å². The van der Waals surface area contributed by atoms with E-state index in [9.17, 15) is 42.5 Å². The minimum absolute atomic E-state index is 0.117. The van der Waals surface area contributed by atoms with E-state index in [1.807, 2.05) is 0 Å². The predicted molar refractivity (Wildman–Crippen MR) is 161 cm³/mol. The van der Waals surface area contributed by atoms with Crippen LogP contribution < -0.4 is 15.1 Å². The van der Waals surface area contributed by atoms with Crippen LogP contribution >= 0.6 is 34.7 Å². The molecule has 45 heavy (non-hydrogen) atoms. The summed E-state index contributed by atoms with van der Waals surface area (Å²) in [5.74, 6) is -3.69. The highest BCUT2D eigenvalue weighted by Crippen LogP contribution is 2.54. The molecular formula is C29H18ClF3N4O6S2. The van der Waals surface area contributed by atoms with Crippen LogP contribution in [-0.2, 0) is 27.1 Å². The maximum atomic E-state index is 13.9. The molecule has 3 aromatic carbocycles. The van der Waals surface area contributed by atoms with Gasteiger partial charge in [-0.15, -0.1) is 0 Å². The van der Waals surface area contributed by atoms with E-state index in [-0.39, 0.29) is 22.1 Å². The topological polar surface area (TPSA) is 132 Å². The summed E-state index contributed by atoms with van der Waals surface area (Å²) in [6.45, 7) is -0.563. The number of alkyl halides is 3. The first kappa shape index (κ1) is 30.6. The zero-order chi connectivity index (χ0) is 32.2. The summed E-state index contributed by atoms with van der Waals surface area (Å²) in [7, 11) is 0. The van der Waals surface area contributed by atoms with Crippen molar-refractivity contribution in [1.82, 2.24) is 4.57 Å². The molecule has 0 unspecified atom stereocenters. The van der Waals surface area contributed by atoms with Crippen LogP contribution in [0.25, 0.3) is 0 Å². The van der Waals surface area contributed by atoms with E-state index in [1.165, 1.54) is 30.3 Å². The first-order valence-corrected chi connectivity index (χ1v) is 15.2. The van der Waals surface area contributed by atoms with E-state index in [4.69, 9.17) is 11.6 Å². The monoisotopic (exact) mass is 674 g/mol. The number of halogens is 4. The van der Waals surface area contributed by atoms with Crippen molar-refractivity contribution in [3.05, 3.63) is 114 Å². The smallest absolute Gasteiger partial charge is 0.325 e. The number of hydrogen-bond donors (Lipinski definition) is 1. The van der Waals surface area contributed by atoms with Gasteiger partial charge < -0.3 is 5.32 Å². The standard InChI is InChI=1S/C29H18ClF3N4O6S2/c30-16-6-4-14(5-7-16)21-22-23(26(40)36(25(22)39)18-8-10-19(11-9-18)37(42)43)44-27-24(21)45-28(41)35(27)13-20(38)34-17-3-1-2-15(12-17)29(31,32)33/h1-12,21-23H,13H2,(H,34,38)/t21-,22+,23-/m0/s1. The van der Waals surface area contributed by atoms with Crippen LogP contribution in [0.15, 0.2) is 82.6 Å². The van der Waals surface area contributed by atoms with Gasteiger partial charge in [0.1, 0.15) is 11.8 Å². The number of nitrogens with one attached hydrogen (secondary N) is 1. The summed E-state index contributed by atoms with van der Waals surface area (Å²) < 4.78 is 40.6. The van der Waals surface area contributed by atoms with Crippen LogP contribution in [0.2, 0.25) is 5.02 Å². The number of nitro benzene ring substituents is 1. The number of imide groups is 1. The first-order chi connectivity index (χ1) is 21.3. The second-order valence-corrected chi connectivity index (χ2v) is 12.7. The van der Waals surface area contributed by atoms with Gasteiger partial charge in [0.05, 0.1) is 27.1 Å². The van der Waals surface area contributed by atoms with Crippen LogP contribution in [0.1, 0.15) is 21.9 Å². The molecular weight excluding hydrogens is 657 g/mol. The molecule has 4 aromatic rings. The molecule has 10 nitrogen and oxygen atoms in total. The van der Waals surface area contributed by atoms with Gasteiger partial charge in [0, 0.05) is 33.6 Å². The van der Waals surface area contributed by atoms with E-state index in [0.717, 1.165) is 50.8 Å². The van der Waals surface area contributed by atoms with Gasteiger partial charge in [0.15, 0.2) is 0 Å². The molecule has 2 aliphatic heterocycles. The zero-order valence-electron chi connectivity index (χ0n) is 22.5. The minimum Gasteiger partial charge on any atom is -0.325 e. The number of carbonyl (C=O) groups excluding carboxylic acids is 3. The van der Waals surface area contributed by atoms with Crippen molar-refractivity contribution in [3.8, 4) is 0 Å². The van der Waals surface area contributed by atoms with Gasteiger partial charge in [-0.1, -0.05) is 52.9 Å². The molecule has 0 saturated carbocycles. The summed E-state index contributed by atoms with van der Waals surface area (Å²) >= 11 is 7.85. The molecule has 3 amide bonds. The van der Waals surface area contributed by atoms with Gasteiger partial charge in [-0.25, -0.2) is 4.90 Å². The fourth-order valence-corrected chi connectivity index (χ4v) is 8.28. The lowest BCUT2D eigenvalue weighted by molar-refractivity contribution is -0.384. The number of benzene rings is 3. The van der Waals surface area contributed by atoms with Crippen molar-refractivity contribution in [3.63, 3.8) is 0 Å². The molecule has 0 spiro atoms. The van der Waals surface area contributed by atoms with Crippen molar-refractivity contribution in [2.24, 2.45) is 5.92 Å². The summed E-state index contributed by atoms with van der Waals surface area (Å²) in [6.07, 6.45) is -4.62. The Bertz CT molecular complexity index is 1930. The Morgan fingerprint density at radius 2 is 1.69 bits per heavy atom. The number of fused-ring (bicyclic) bond motifs is 2. The molecule has 16 heteroatoms. The van der Waals surface area contributed by atoms with Crippen molar-refractivity contribution in [1.29, 1.82) is 0 Å². The largest absolute Gasteiger partial charge is 0.416 e. The molecule has 3 atom stereocenters. The maximum Gasteiger partial charge on any atom is 0.416 e. The number of non-ortho nitro benzene ring substituents is 1. The van der Waals surface area contributed by atoms with Crippen LogP contribution in [0, 0.1) is 16.0 Å². The normalized spacial score (nSPS) is 19.3. The van der Waals surface area contributed by atoms with Crippen molar-refractivity contribution in [2.75, 3.05) is 10.2 Å². The minimum atomic E-state index is -4.62. The molecule has 2 aliphatic rings. The van der Waals surface area contributed by atoms with E-state index in [2.05, 4.69) is 5.32 Å². The average molecular weight is 675 g/mol. The lowest BCUT2D eigenvalue weighted by Crippen LogP contribution is -2.33. The van der Waals surface area contributed by atoms with Gasteiger partial charge in [0.25, 0.3) is 5.69 Å². The highest BCUT2D eigenvalue weighted by Gasteiger charge is 2.56. The number of carbonyl (C=O) groups is 3. The van der Waals surface area contributed by atoms with Crippen LogP contribution in [0.4, 0.5) is 30.2 Å². The third kappa shape index (κ3) is 5.62. The Labute approximate surface area is 264 Å². The Balaban J connectivity index is 1.37. The molecule has 1 fully saturated rings. The van der Waals surface area contributed by atoms with Gasteiger partial charge >= 0.3 is 11.0 Å². The fraction of sp³-hybridized carbons (Fsp3) is 0.172. The van der Waals surface area contributed by atoms with Gasteiger partial charge in [0.2, 0.25) is 17.7 Å². The second-order valence-electron chi connectivity index (χ2n) is 10.1. The number of amides is 3. The molecule has 3 heterocycles. The highest BCUT2D eigenvalue weighted by atomic mass is 35.5. The van der Waals surface area contributed by atoms with Crippen molar-refractivity contribution >= 4 is 69.5 Å². The van der Waals surface area contributed by atoms with Crippen LogP contribution in [-0.4, -0.2) is 32.5 Å². The number of thioether (sulfide) groups is 1. The summed E-state index contributed by atoms with van der Waals surface area (Å²) in [4.78, 5) is 65.3. The number of aromatic nitrogens is 1. The Morgan fingerprint density at radius 1 is 1.00 bits per heavy atom. The van der Waals surface area contributed by atoms with Gasteiger partial charge in [-0.2, -0.15) is 13.2 Å². The molecule has 1 aromatic heterocycles. The number of nitro groups is 1. The second kappa shape index (κ2) is 11.5. The summed E-state index contributed by atoms with van der Waals surface area (Å²) in [5.41, 5.74) is -0.571. The number of anilines is 2. The number of thiazole rings is 1. The number of rotatable bonds is 6. The zero-order valence-corrected chi connectivity index (χ0v) is 24.9. The average Bonchev–Trinajstić information content (AvgIpc) is 3.43. The number of nitrogens with zero attached hydrogens (tertiary/aromatic N) is 3. The molecule has 6 rings (SSSR count). The van der Waals surface area contributed by atoms with E-state index >= 15 is 0 Å². The Hall–Kier alpha value is -4.47. The number of hydrogen-bond acceptors (Lipinski definition) is 8. The quantitative estimate of drug-likeness (QED) is 0.152. The van der Waals surface area contributed by atoms with Crippen molar-refractivity contribution < 1.29 is 32.5 Å². The van der Waals surface area contributed by atoms with Gasteiger partial charge in [-0.05, 0) is 48.0 Å². The Kier molecular flexibility index (Phi) is 7.79. The van der Waals surface area contributed by atoms with Gasteiger partial charge in [-0.3, -0.25) is 33.9 Å². The fourth-order valence-electron chi connectivity index (χ4n) is 5.38. The molecule has 1 N–H and O–H groups in total. The van der Waals surface area contributed by atoms with E-state index < -0.39 is 62.9 Å². The third-order valence-electron chi connectivity index (χ3n) is 7.37. The molecule has 0 aliphatic carbocycles. The molecule has 1 saturated heterocycles. The predicted octanol–water partition coefficient (Wildman–Crippen LogP) is 5.92. The van der Waals surface area contributed by atoms with Crippen LogP contribution in [0.3, 0.4) is 0 Å². The summed E-state index contributed by atoms with van der Waals surface area (Å²) in [5, 5.41) is 13.2. The molecule has 0 bridgehead atoms. The van der Waals surface area contributed by atoms with E-state index in [1.54, 1.807) is 24.3 Å². The lowest BCUT2D eigenvalue weighted by Gasteiger charge is -2.30. The van der Waals surface area contributed by atoms with Crippen LogP contribution in [0.5, 0.6) is 0 Å². The Morgan fingerprint density at radius 3 is 2.33 bits per heavy atom. The SMILES string of the molecule is O=C(Cn1c2c(sc1=O)[C@@H](c1ccc(Cl)cc1)[C@H]1C(=O)N(c3ccc([N+](=O)[O-])cc3)C(=O)[C@H]1S2)Nc1cccc(C(F)(F)F)c1. The maximum absolute atomic E-state index is 13.9. The molecule has 230 valence electrons. The first-order valence-electron chi connectivity index (χ1n) is 13.1. The lowest BCUT2D eigenvalue weighted by atomic mass is 9.83.